The van der Waals surface area contributed by atoms with E-state index in [2.05, 4.69) is 10.1 Å². The maximum Gasteiger partial charge on any atom is 0.337 e. The molecule has 0 atom stereocenters. The van der Waals surface area contributed by atoms with Crippen LogP contribution in [-0.2, 0) is 4.74 Å². The van der Waals surface area contributed by atoms with Crippen LogP contribution in [-0.4, -0.2) is 43.5 Å². The van der Waals surface area contributed by atoms with Crippen LogP contribution < -0.4 is 5.56 Å². The molecule has 0 aliphatic heterocycles. The number of hydrogen-bond acceptors (Lipinski definition) is 7. The molecule has 0 unspecified atom stereocenters. The van der Waals surface area contributed by atoms with Crippen LogP contribution in [0.3, 0.4) is 0 Å². The van der Waals surface area contributed by atoms with Gasteiger partial charge < -0.3 is 4.74 Å². The molecule has 0 bridgehead atoms. The van der Waals surface area contributed by atoms with E-state index in [1.807, 2.05) is 54.6 Å². The molecule has 3 aromatic carbocycles. The van der Waals surface area contributed by atoms with Gasteiger partial charge in [-0.3, -0.25) is 9.36 Å². The van der Waals surface area contributed by atoms with Crippen molar-refractivity contribution in [3.05, 3.63) is 107 Å². The van der Waals surface area contributed by atoms with Crippen molar-refractivity contribution in [2.75, 3.05) is 7.11 Å². The fraction of sp³-hybridized carbons (Fsp3) is 0.0370. The zero-order chi connectivity index (χ0) is 24.6. The van der Waals surface area contributed by atoms with E-state index in [4.69, 9.17) is 14.7 Å². The summed E-state index contributed by atoms with van der Waals surface area (Å²) < 4.78 is 7.75. The van der Waals surface area contributed by atoms with Crippen LogP contribution in [0.2, 0.25) is 0 Å². The molecule has 0 spiro atoms. The van der Waals surface area contributed by atoms with Crippen molar-refractivity contribution in [2.45, 2.75) is 0 Å². The molecule has 6 rings (SSSR count). The fourth-order valence-corrected chi connectivity index (χ4v) is 4.05. The van der Waals surface area contributed by atoms with Crippen LogP contribution in [0, 0.1) is 0 Å². The number of carbonyl (C=O) groups excluding carboxylic acids is 1. The molecule has 3 aromatic heterocycles. The van der Waals surface area contributed by atoms with Gasteiger partial charge in [0.05, 0.1) is 35.6 Å². The molecule has 6 aromatic rings. The number of nitrogens with zero attached hydrogens (tertiary/aromatic N) is 6. The Morgan fingerprint density at radius 1 is 0.889 bits per heavy atom. The van der Waals surface area contributed by atoms with E-state index in [0.29, 0.717) is 44.5 Å². The summed E-state index contributed by atoms with van der Waals surface area (Å²) in [5, 5.41) is 4.93. The molecule has 0 fully saturated rings. The van der Waals surface area contributed by atoms with Gasteiger partial charge in [-0.15, -0.1) is 0 Å². The predicted octanol–water partition coefficient (Wildman–Crippen LogP) is 3.95. The van der Waals surface area contributed by atoms with E-state index in [1.54, 1.807) is 30.5 Å². The highest BCUT2D eigenvalue weighted by molar-refractivity contribution is 6.05. The molecule has 9 heteroatoms. The van der Waals surface area contributed by atoms with E-state index in [1.165, 1.54) is 22.7 Å². The number of benzene rings is 3. The van der Waals surface area contributed by atoms with Gasteiger partial charge in [-0.1, -0.05) is 42.5 Å². The predicted molar refractivity (Wildman–Crippen MR) is 137 cm³/mol. The first-order chi connectivity index (χ1) is 17.6. The SMILES string of the molecule is COC(=O)c1ccc(/C=N\n2c3nc4ccccc4nc3c3c(=O)n(-c4ccccc4)cnc32)cc1. The highest BCUT2D eigenvalue weighted by Gasteiger charge is 2.20. The Morgan fingerprint density at radius 2 is 1.58 bits per heavy atom. The normalized spacial score (nSPS) is 11.6. The van der Waals surface area contributed by atoms with Crippen LogP contribution in [0.15, 0.2) is 95.1 Å². The number of esters is 1. The van der Waals surface area contributed by atoms with Gasteiger partial charge in [0, 0.05) is 0 Å². The maximum atomic E-state index is 13.6. The van der Waals surface area contributed by atoms with Crippen molar-refractivity contribution in [1.82, 2.24) is 24.2 Å². The van der Waals surface area contributed by atoms with Gasteiger partial charge in [0.1, 0.15) is 17.2 Å². The molecule has 3 heterocycles. The smallest absolute Gasteiger partial charge is 0.337 e. The van der Waals surface area contributed by atoms with Crippen LogP contribution in [0.25, 0.3) is 38.9 Å². The van der Waals surface area contributed by atoms with E-state index in [0.717, 1.165) is 5.56 Å². The van der Waals surface area contributed by atoms with Crippen molar-refractivity contribution in [3.8, 4) is 5.69 Å². The average molecular weight is 474 g/mol. The summed E-state index contributed by atoms with van der Waals surface area (Å²) in [4.78, 5) is 39.4. The standard InChI is InChI=1S/C27H18N6O3/c1-36-27(35)18-13-11-17(12-14-18)15-29-33-24-22(23-25(33)31-21-10-6-5-9-20(21)30-23)26(34)32(16-28-24)19-7-3-2-4-8-19/h2-16H,1H3/b29-15-. The monoisotopic (exact) mass is 474 g/mol. The van der Waals surface area contributed by atoms with Crippen LogP contribution in [0.5, 0.6) is 0 Å². The molecule has 174 valence electrons. The molecule has 36 heavy (non-hydrogen) atoms. The van der Waals surface area contributed by atoms with E-state index in [9.17, 15) is 9.59 Å². The van der Waals surface area contributed by atoms with Crippen LogP contribution in [0.4, 0.5) is 0 Å². The summed E-state index contributed by atoms with van der Waals surface area (Å²) in [5.74, 6) is -0.415. The minimum absolute atomic E-state index is 0.267. The number of ether oxygens (including phenoxy) is 1. The second-order valence-corrected chi connectivity index (χ2v) is 8.01. The third kappa shape index (κ3) is 3.50. The zero-order valence-electron chi connectivity index (χ0n) is 19.1. The van der Waals surface area contributed by atoms with E-state index in [-0.39, 0.29) is 5.56 Å². The number of aromatic nitrogens is 5. The number of carbonyl (C=O) groups is 1. The quantitative estimate of drug-likeness (QED) is 0.283. The van der Waals surface area contributed by atoms with Gasteiger partial charge in [0.15, 0.2) is 11.3 Å². The van der Waals surface area contributed by atoms with Crippen molar-refractivity contribution in [2.24, 2.45) is 5.10 Å². The summed E-state index contributed by atoms with van der Waals surface area (Å²) in [6.07, 6.45) is 3.09. The van der Waals surface area contributed by atoms with Crippen molar-refractivity contribution < 1.29 is 9.53 Å². The van der Waals surface area contributed by atoms with E-state index >= 15 is 0 Å². The Kier molecular flexibility index (Phi) is 5.07. The minimum Gasteiger partial charge on any atom is -0.465 e. The lowest BCUT2D eigenvalue weighted by molar-refractivity contribution is 0.0600. The Bertz CT molecular complexity index is 1850. The molecule has 0 amide bonds. The Labute approximate surface area is 203 Å². The number of rotatable bonds is 4. The lowest BCUT2D eigenvalue weighted by Gasteiger charge is -2.05. The highest BCUT2D eigenvalue weighted by Crippen LogP contribution is 2.25. The van der Waals surface area contributed by atoms with Gasteiger partial charge >= 0.3 is 5.97 Å². The molecule has 0 N–H and O–H groups in total. The number of para-hydroxylation sites is 3. The largest absolute Gasteiger partial charge is 0.465 e. The second kappa shape index (κ2) is 8.55. The Balaban J connectivity index is 1.58. The van der Waals surface area contributed by atoms with Gasteiger partial charge in [0.25, 0.3) is 5.56 Å². The number of methoxy groups -OCH3 is 1. The van der Waals surface area contributed by atoms with Gasteiger partial charge in [-0.2, -0.15) is 9.78 Å². The average Bonchev–Trinajstić information content (AvgIpc) is 3.24. The van der Waals surface area contributed by atoms with Crippen molar-refractivity contribution in [3.63, 3.8) is 0 Å². The summed E-state index contributed by atoms with van der Waals surface area (Å²) >= 11 is 0. The van der Waals surface area contributed by atoms with Crippen LogP contribution >= 0.6 is 0 Å². The minimum atomic E-state index is -0.415. The Hall–Kier alpha value is -5.18. The van der Waals surface area contributed by atoms with Gasteiger partial charge in [-0.25, -0.2) is 19.7 Å². The molecule has 0 aliphatic carbocycles. The van der Waals surface area contributed by atoms with Gasteiger partial charge in [-0.05, 0) is 42.0 Å². The first-order valence-corrected chi connectivity index (χ1v) is 11.1. The summed E-state index contributed by atoms with van der Waals surface area (Å²) in [6.45, 7) is 0. The number of hydrogen-bond donors (Lipinski definition) is 0. The molecule has 9 nitrogen and oxygen atoms in total. The summed E-state index contributed by atoms with van der Waals surface area (Å²) in [6, 6.07) is 23.6. The molecule has 0 radical (unpaired) electrons. The van der Waals surface area contributed by atoms with Crippen molar-refractivity contribution in [1.29, 1.82) is 0 Å². The number of fused-ring (bicyclic) bond motifs is 4. The van der Waals surface area contributed by atoms with Crippen molar-refractivity contribution >= 4 is 45.4 Å². The third-order valence-corrected chi connectivity index (χ3v) is 5.83. The van der Waals surface area contributed by atoms with Crippen LogP contribution in [0.1, 0.15) is 15.9 Å². The Morgan fingerprint density at radius 3 is 2.31 bits per heavy atom. The lowest BCUT2D eigenvalue weighted by Crippen LogP contribution is -2.18. The topological polar surface area (TPSA) is 104 Å². The molecule has 0 saturated carbocycles. The first-order valence-electron chi connectivity index (χ1n) is 11.1. The fourth-order valence-electron chi connectivity index (χ4n) is 4.05. The van der Waals surface area contributed by atoms with E-state index < -0.39 is 5.97 Å². The molecular weight excluding hydrogens is 456 g/mol. The second-order valence-electron chi connectivity index (χ2n) is 8.01. The third-order valence-electron chi connectivity index (χ3n) is 5.83. The zero-order valence-corrected chi connectivity index (χ0v) is 19.1. The molecular formula is C27H18N6O3. The summed E-state index contributed by atoms with van der Waals surface area (Å²) in [5.41, 5.74) is 4.14. The highest BCUT2D eigenvalue weighted by atomic mass is 16.5. The van der Waals surface area contributed by atoms with Gasteiger partial charge in [0.2, 0.25) is 0 Å². The first kappa shape index (κ1) is 21.4. The lowest BCUT2D eigenvalue weighted by atomic mass is 10.1. The molecule has 0 aliphatic rings. The maximum absolute atomic E-state index is 13.6. The molecule has 0 saturated heterocycles. The summed E-state index contributed by atoms with van der Waals surface area (Å²) in [7, 11) is 1.34.